The van der Waals surface area contributed by atoms with E-state index in [1.807, 2.05) is 12.2 Å². The van der Waals surface area contributed by atoms with Crippen molar-refractivity contribution in [1.82, 2.24) is 5.32 Å². The van der Waals surface area contributed by atoms with Crippen molar-refractivity contribution in [3.63, 3.8) is 0 Å². The minimum Gasteiger partial charge on any atom is -0.391 e. The molecule has 41 heavy (non-hydrogen) atoms. The number of carbonyl (C=O) groups is 1. The lowest BCUT2D eigenvalue weighted by atomic mass is 10.0. The molecule has 0 aliphatic rings. The lowest BCUT2D eigenvalue weighted by Gasteiger charge is -2.23. The first-order valence-corrected chi connectivity index (χ1v) is 17.2. The molecule has 0 heterocycles. The molecule has 0 aromatic heterocycles. The van der Waals surface area contributed by atoms with Crippen LogP contribution < -0.4 is 5.32 Å². The number of unbranched alkanes of at least 4 members (excludes halogenated alkanes) is 6. The molecule has 0 bridgehead atoms. The van der Waals surface area contributed by atoms with Crippen LogP contribution in [-0.2, 0) is 14.9 Å². The van der Waals surface area contributed by atoms with Crippen molar-refractivity contribution in [2.24, 2.45) is 0 Å². The molecule has 0 saturated heterocycles. The lowest BCUT2D eigenvalue weighted by Crippen LogP contribution is -2.47. The van der Waals surface area contributed by atoms with Gasteiger partial charge in [-0.05, 0) is 51.4 Å². The van der Waals surface area contributed by atoms with Crippen LogP contribution in [0.2, 0.25) is 0 Å². The van der Waals surface area contributed by atoms with E-state index in [1.54, 1.807) is 0 Å². The zero-order chi connectivity index (χ0) is 30.4. The van der Waals surface area contributed by atoms with Crippen molar-refractivity contribution in [3.8, 4) is 0 Å². The third-order valence-electron chi connectivity index (χ3n) is 6.44. The Kier molecular flexibility index (Phi) is 26.4. The van der Waals surface area contributed by atoms with Crippen LogP contribution in [0.4, 0.5) is 0 Å². The van der Waals surface area contributed by atoms with E-state index in [0.29, 0.717) is 12.8 Å². The molecule has 1 amide bonds. The van der Waals surface area contributed by atoms with E-state index in [9.17, 15) is 22.9 Å². The number of aliphatic hydroxyl groups excluding tert-OH is 1. The molecule has 7 heteroatoms. The van der Waals surface area contributed by atoms with Crippen LogP contribution in [0.25, 0.3) is 0 Å². The van der Waals surface area contributed by atoms with Crippen LogP contribution in [0.1, 0.15) is 117 Å². The van der Waals surface area contributed by atoms with Gasteiger partial charge in [-0.15, -0.1) is 0 Å². The Hall–Kier alpha value is -2.22. The molecular weight excluding hydrogens is 534 g/mol. The van der Waals surface area contributed by atoms with Crippen LogP contribution in [0, 0.1) is 0 Å². The van der Waals surface area contributed by atoms with Gasteiger partial charge in [0.05, 0.1) is 17.9 Å². The van der Waals surface area contributed by atoms with Crippen molar-refractivity contribution < 1.29 is 22.9 Å². The zero-order valence-electron chi connectivity index (χ0n) is 25.6. The summed E-state index contributed by atoms with van der Waals surface area (Å²) in [6, 6.07) is -1.01. The van der Waals surface area contributed by atoms with Crippen molar-refractivity contribution in [2.75, 3.05) is 5.75 Å². The Bertz CT molecular complexity index is 915. The maximum absolute atomic E-state index is 12.3. The summed E-state index contributed by atoms with van der Waals surface area (Å²) in [4.78, 5) is 12.3. The van der Waals surface area contributed by atoms with Crippen molar-refractivity contribution in [1.29, 1.82) is 0 Å². The fourth-order valence-corrected chi connectivity index (χ4v) is 4.88. The fraction of sp³-hybridized carbons (Fsp3) is 0.618. The van der Waals surface area contributed by atoms with Gasteiger partial charge >= 0.3 is 0 Å². The van der Waals surface area contributed by atoms with Crippen molar-refractivity contribution in [2.45, 2.75) is 129 Å². The van der Waals surface area contributed by atoms with Crippen LogP contribution in [0.3, 0.4) is 0 Å². The summed E-state index contributed by atoms with van der Waals surface area (Å²) in [6.45, 7) is 4.31. The molecule has 0 aromatic carbocycles. The predicted octanol–water partition coefficient (Wildman–Crippen LogP) is 8.34. The third kappa shape index (κ3) is 29.1. The topological polar surface area (TPSA) is 104 Å². The van der Waals surface area contributed by atoms with Gasteiger partial charge in [0.2, 0.25) is 5.91 Å². The largest absolute Gasteiger partial charge is 0.391 e. The second kappa shape index (κ2) is 27.9. The molecule has 0 radical (unpaired) electrons. The van der Waals surface area contributed by atoms with Gasteiger partial charge in [0.25, 0.3) is 10.1 Å². The SMILES string of the molecule is CC/C=C\C/C=C\C/C=C\C/C=C\C/C=C\C/C=C\CCC(=O)NC(CS(=O)(=O)O)C(O)CCCCCCCCC. The highest BCUT2D eigenvalue weighted by atomic mass is 32.2. The minimum atomic E-state index is -4.32. The number of carbonyl (C=O) groups excluding carboxylic acids is 1. The van der Waals surface area contributed by atoms with Gasteiger partial charge in [-0.2, -0.15) is 8.42 Å². The summed E-state index contributed by atoms with van der Waals surface area (Å²) >= 11 is 0. The number of aliphatic hydroxyl groups is 1. The van der Waals surface area contributed by atoms with Crippen LogP contribution in [0.15, 0.2) is 72.9 Å². The summed E-state index contributed by atoms with van der Waals surface area (Å²) in [5, 5.41) is 13.1. The van der Waals surface area contributed by atoms with E-state index in [2.05, 4.69) is 79.9 Å². The van der Waals surface area contributed by atoms with Gasteiger partial charge in [-0.1, -0.05) is 132 Å². The number of hydrogen-bond donors (Lipinski definition) is 3. The van der Waals surface area contributed by atoms with E-state index in [1.165, 1.54) is 19.3 Å². The highest BCUT2D eigenvalue weighted by molar-refractivity contribution is 7.85. The molecule has 0 aromatic rings. The average Bonchev–Trinajstić information content (AvgIpc) is 2.92. The van der Waals surface area contributed by atoms with E-state index < -0.39 is 28.0 Å². The predicted molar refractivity (Wildman–Crippen MR) is 174 cm³/mol. The maximum atomic E-state index is 12.3. The first kappa shape index (κ1) is 38.8. The normalized spacial score (nSPS) is 14.5. The zero-order valence-corrected chi connectivity index (χ0v) is 26.4. The number of hydrogen-bond acceptors (Lipinski definition) is 4. The van der Waals surface area contributed by atoms with E-state index in [0.717, 1.165) is 64.2 Å². The molecule has 234 valence electrons. The molecular formula is C34H57NO5S. The first-order chi connectivity index (χ1) is 19.8. The Labute approximate surface area is 251 Å². The summed E-state index contributed by atoms with van der Waals surface area (Å²) in [5.41, 5.74) is 0. The number of rotatable bonds is 26. The summed E-state index contributed by atoms with van der Waals surface area (Å²) in [7, 11) is -4.32. The number of allylic oxidation sites excluding steroid dienone is 12. The molecule has 2 atom stereocenters. The summed E-state index contributed by atoms with van der Waals surface area (Å²) in [5.74, 6) is -1.02. The molecule has 0 aliphatic carbocycles. The molecule has 0 rings (SSSR count). The second-order valence-corrected chi connectivity index (χ2v) is 11.9. The Morgan fingerprint density at radius 3 is 1.59 bits per heavy atom. The standard InChI is InChI=1S/C34H57NO5S/c1-3-5-7-9-11-12-13-14-15-16-17-18-19-20-21-22-24-26-28-30-34(37)35-32(31-41(38,39)40)33(36)29-27-25-23-10-8-6-4-2/h5,7,11-12,14-15,17-18,20-21,24,26,32-33,36H,3-4,6,8-10,13,16,19,22-23,25,27-31H2,1-2H3,(H,35,37)(H,38,39,40)/b7-5-,12-11-,15-14-,18-17-,21-20-,26-24-. The third-order valence-corrected chi connectivity index (χ3v) is 7.22. The fourth-order valence-electron chi connectivity index (χ4n) is 4.12. The smallest absolute Gasteiger partial charge is 0.266 e. The highest BCUT2D eigenvalue weighted by Crippen LogP contribution is 2.12. The monoisotopic (exact) mass is 591 g/mol. The molecule has 0 saturated carbocycles. The van der Waals surface area contributed by atoms with Gasteiger partial charge in [0.15, 0.2) is 0 Å². The van der Waals surface area contributed by atoms with E-state index >= 15 is 0 Å². The van der Waals surface area contributed by atoms with E-state index in [-0.39, 0.29) is 12.3 Å². The molecule has 3 N–H and O–H groups in total. The molecule has 0 spiro atoms. The lowest BCUT2D eigenvalue weighted by molar-refractivity contribution is -0.122. The van der Waals surface area contributed by atoms with Crippen LogP contribution in [-0.4, -0.2) is 41.9 Å². The minimum absolute atomic E-state index is 0.189. The van der Waals surface area contributed by atoms with Gasteiger partial charge in [-0.3, -0.25) is 9.35 Å². The quantitative estimate of drug-likeness (QED) is 0.0533. The maximum Gasteiger partial charge on any atom is 0.266 e. The van der Waals surface area contributed by atoms with Crippen molar-refractivity contribution in [3.05, 3.63) is 72.9 Å². The molecule has 0 fully saturated rings. The van der Waals surface area contributed by atoms with Crippen LogP contribution >= 0.6 is 0 Å². The second-order valence-electron chi connectivity index (χ2n) is 10.4. The highest BCUT2D eigenvalue weighted by Gasteiger charge is 2.25. The van der Waals surface area contributed by atoms with Gasteiger partial charge in [0, 0.05) is 6.42 Å². The molecule has 0 aliphatic heterocycles. The van der Waals surface area contributed by atoms with Crippen molar-refractivity contribution >= 4 is 16.0 Å². The Morgan fingerprint density at radius 2 is 1.12 bits per heavy atom. The first-order valence-electron chi connectivity index (χ1n) is 15.6. The molecule has 6 nitrogen and oxygen atoms in total. The van der Waals surface area contributed by atoms with Gasteiger partial charge in [0.1, 0.15) is 0 Å². The number of amides is 1. The average molecular weight is 592 g/mol. The van der Waals surface area contributed by atoms with Gasteiger partial charge in [-0.25, -0.2) is 0 Å². The Balaban J connectivity index is 4.14. The van der Waals surface area contributed by atoms with Gasteiger partial charge < -0.3 is 10.4 Å². The summed E-state index contributed by atoms with van der Waals surface area (Å²) < 4.78 is 32.1. The number of nitrogens with one attached hydrogen (secondary N) is 1. The van der Waals surface area contributed by atoms with Crippen LogP contribution in [0.5, 0.6) is 0 Å². The van der Waals surface area contributed by atoms with E-state index in [4.69, 9.17) is 0 Å². The summed E-state index contributed by atoms with van der Waals surface area (Å²) in [6.07, 6.45) is 38.8. The Morgan fingerprint density at radius 1 is 0.683 bits per heavy atom. The molecule has 2 unspecified atom stereocenters.